The molecule has 1 N–H and O–H groups in total. The molecule has 110 valence electrons. The average Bonchev–Trinajstić information content (AvgIpc) is 3.08. The van der Waals surface area contributed by atoms with Crippen molar-refractivity contribution in [2.24, 2.45) is 7.05 Å². The van der Waals surface area contributed by atoms with Gasteiger partial charge in [0.15, 0.2) is 0 Å². The van der Waals surface area contributed by atoms with Crippen molar-refractivity contribution in [3.63, 3.8) is 0 Å². The maximum atomic E-state index is 4.75. The molecule has 0 aliphatic rings. The van der Waals surface area contributed by atoms with Gasteiger partial charge in [0.1, 0.15) is 0 Å². The number of benzene rings is 1. The maximum absolute atomic E-state index is 4.75. The van der Waals surface area contributed by atoms with Crippen LogP contribution < -0.4 is 5.32 Å². The fourth-order valence-electron chi connectivity index (χ4n) is 2.48. The van der Waals surface area contributed by atoms with Gasteiger partial charge in [-0.15, -0.1) is 11.3 Å². The maximum Gasteiger partial charge on any atom is 0.0958 e. The molecule has 0 aliphatic carbocycles. The van der Waals surface area contributed by atoms with Crippen LogP contribution in [0, 0.1) is 0 Å². The largest absolute Gasteiger partial charge is 0.336 e. The summed E-state index contributed by atoms with van der Waals surface area (Å²) < 4.78 is 3.34. The van der Waals surface area contributed by atoms with Gasteiger partial charge < -0.3 is 9.88 Å². The number of rotatable bonds is 6. The predicted molar refractivity (Wildman–Crippen MR) is 87.6 cm³/mol. The Bertz CT molecular complexity index is 683. The van der Waals surface area contributed by atoms with Crippen molar-refractivity contribution in [1.29, 1.82) is 0 Å². The summed E-state index contributed by atoms with van der Waals surface area (Å²) in [7, 11) is 2.04. The van der Waals surface area contributed by atoms with Gasteiger partial charge in [-0.2, -0.15) is 0 Å². The van der Waals surface area contributed by atoms with Gasteiger partial charge in [-0.1, -0.05) is 19.1 Å². The van der Waals surface area contributed by atoms with Crippen molar-refractivity contribution in [3.8, 4) is 0 Å². The molecule has 1 aromatic carbocycles. The van der Waals surface area contributed by atoms with E-state index >= 15 is 0 Å². The summed E-state index contributed by atoms with van der Waals surface area (Å²) in [4.78, 5) is 8.99. The second-order valence-corrected chi connectivity index (χ2v) is 6.33. The third kappa shape index (κ3) is 3.14. The molecule has 0 amide bonds. The van der Waals surface area contributed by atoms with Crippen molar-refractivity contribution >= 4 is 21.6 Å². The molecule has 3 aromatic rings. The van der Waals surface area contributed by atoms with E-state index in [9.17, 15) is 0 Å². The molecule has 0 bridgehead atoms. The molecule has 2 aromatic heterocycles. The first kappa shape index (κ1) is 14.2. The smallest absolute Gasteiger partial charge is 0.0958 e. The number of thiazole rings is 1. The lowest BCUT2D eigenvalue weighted by Gasteiger charge is -2.17. The molecule has 2 heterocycles. The lowest BCUT2D eigenvalue weighted by molar-refractivity contribution is 0.503. The molecular formula is C16H20N4S. The van der Waals surface area contributed by atoms with Gasteiger partial charge in [0.25, 0.3) is 0 Å². The molecule has 1 unspecified atom stereocenters. The first-order valence-electron chi connectivity index (χ1n) is 7.32. The van der Waals surface area contributed by atoms with E-state index in [1.165, 1.54) is 15.4 Å². The third-order valence-corrected chi connectivity index (χ3v) is 4.63. The van der Waals surface area contributed by atoms with Gasteiger partial charge in [0.2, 0.25) is 0 Å². The van der Waals surface area contributed by atoms with Crippen LogP contribution in [0.1, 0.15) is 30.1 Å². The second kappa shape index (κ2) is 6.37. The van der Waals surface area contributed by atoms with Crippen LogP contribution in [-0.4, -0.2) is 21.1 Å². The van der Waals surface area contributed by atoms with Crippen LogP contribution in [0.5, 0.6) is 0 Å². The first-order valence-corrected chi connectivity index (χ1v) is 8.13. The van der Waals surface area contributed by atoms with Gasteiger partial charge in [0, 0.05) is 19.7 Å². The number of hydrogen-bond acceptors (Lipinski definition) is 4. The molecule has 0 radical (unpaired) electrons. The van der Waals surface area contributed by atoms with Crippen molar-refractivity contribution in [1.82, 2.24) is 19.9 Å². The topological polar surface area (TPSA) is 42.7 Å². The molecule has 0 saturated heterocycles. The lowest BCUT2D eigenvalue weighted by atomic mass is 10.1. The number of hydrogen-bond donors (Lipinski definition) is 1. The monoisotopic (exact) mass is 300 g/mol. The normalized spacial score (nSPS) is 12.9. The van der Waals surface area contributed by atoms with Crippen LogP contribution in [0.25, 0.3) is 10.2 Å². The van der Waals surface area contributed by atoms with Gasteiger partial charge in [-0.25, -0.2) is 9.97 Å². The minimum Gasteiger partial charge on any atom is -0.336 e. The van der Waals surface area contributed by atoms with Crippen LogP contribution in [0.2, 0.25) is 0 Å². The van der Waals surface area contributed by atoms with E-state index in [4.69, 9.17) is 4.98 Å². The summed E-state index contributed by atoms with van der Waals surface area (Å²) >= 11 is 1.78. The van der Waals surface area contributed by atoms with Crippen LogP contribution >= 0.6 is 11.3 Å². The van der Waals surface area contributed by atoms with Crippen LogP contribution in [0.3, 0.4) is 0 Å². The minimum atomic E-state index is 0.262. The molecular weight excluding hydrogens is 280 g/mol. The number of imidazole rings is 1. The Balaban J connectivity index is 1.85. The summed E-state index contributed by atoms with van der Waals surface area (Å²) in [5.74, 6) is 0. The number of nitrogens with one attached hydrogen (secondary N) is 1. The van der Waals surface area contributed by atoms with Crippen molar-refractivity contribution in [3.05, 3.63) is 47.5 Å². The molecule has 1 atom stereocenters. The molecule has 4 nitrogen and oxygen atoms in total. The van der Waals surface area contributed by atoms with Gasteiger partial charge in [-0.3, -0.25) is 0 Å². The zero-order valence-corrected chi connectivity index (χ0v) is 13.2. The zero-order chi connectivity index (χ0) is 14.7. The predicted octanol–water partition coefficient (Wildman–Crippen LogP) is 3.31. The summed E-state index contributed by atoms with van der Waals surface area (Å²) in [6.07, 6.45) is 5.82. The molecule has 5 heteroatoms. The molecule has 0 spiro atoms. The van der Waals surface area contributed by atoms with Gasteiger partial charge in [-0.05, 0) is 25.1 Å². The molecule has 3 rings (SSSR count). The summed E-state index contributed by atoms with van der Waals surface area (Å²) in [5, 5.41) is 4.78. The van der Waals surface area contributed by atoms with Crippen molar-refractivity contribution < 1.29 is 0 Å². The lowest BCUT2D eigenvalue weighted by Crippen LogP contribution is -2.25. The fraction of sp³-hybridized carbons (Fsp3) is 0.375. The Hall–Kier alpha value is -1.72. The Morgan fingerprint density at radius 3 is 2.90 bits per heavy atom. The number of aryl methyl sites for hydroxylation is 1. The summed E-state index contributed by atoms with van der Waals surface area (Å²) in [6.45, 7) is 3.19. The number of fused-ring (bicyclic) bond motifs is 1. The van der Waals surface area contributed by atoms with E-state index in [0.29, 0.717) is 0 Å². The molecule has 21 heavy (non-hydrogen) atoms. The van der Waals surface area contributed by atoms with E-state index in [1.807, 2.05) is 25.6 Å². The van der Waals surface area contributed by atoms with Gasteiger partial charge in [0.05, 0.1) is 33.3 Å². The van der Waals surface area contributed by atoms with E-state index in [2.05, 4.69) is 40.0 Å². The van der Waals surface area contributed by atoms with E-state index in [1.54, 1.807) is 11.3 Å². The Morgan fingerprint density at radius 2 is 2.19 bits per heavy atom. The summed E-state index contributed by atoms with van der Waals surface area (Å²) in [5.41, 5.74) is 2.31. The second-order valence-electron chi connectivity index (χ2n) is 5.22. The van der Waals surface area contributed by atoms with Crippen LogP contribution in [0.15, 0.2) is 36.8 Å². The number of para-hydroxylation sites is 1. The third-order valence-electron chi connectivity index (χ3n) is 3.57. The first-order chi connectivity index (χ1) is 10.3. The van der Waals surface area contributed by atoms with E-state index < -0.39 is 0 Å². The Morgan fingerprint density at radius 1 is 1.33 bits per heavy atom. The number of nitrogens with zero attached hydrogens (tertiary/aromatic N) is 3. The molecule has 0 fully saturated rings. The summed E-state index contributed by atoms with van der Waals surface area (Å²) in [6, 6.07) is 8.58. The highest BCUT2D eigenvalue weighted by Crippen LogP contribution is 2.26. The number of aromatic nitrogens is 3. The molecule has 0 saturated carbocycles. The highest BCUT2D eigenvalue weighted by molar-refractivity contribution is 7.18. The van der Waals surface area contributed by atoms with Crippen LogP contribution in [-0.2, 0) is 13.5 Å². The SMILES string of the molecule is CCCNC(Cc1nc2ccccc2s1)c1cncn1C. The van der Waals surface area contributed by atoms with Crippen LogP contribution in [0.4, 0.5) is 0 Å². The van der Waals surface area contributed by atoms with E-state index in [0.717, 1.165) is 24.9 Å². The highest BCUT2D eigenvalue weighted by Gasteiger charge is 2.17. The minimum absolute atomic E-state index is 0.262. The fourth-order valence-corrected chi connectivity index (χ4v) is 3.50. The van der Waals surface area contributed by atoms with Gasteiger partial charge >= 0.3 is 0 Å². The zero-order valence-electron chi connectivity index (χ0n) is 12.4. The Kier molecular flexibility index (Phi) is 4.31. The molecule has 0 aliphatic heterocycles. The average molecular weight is 300 g/mol. The highest BCUT2D eigenvalue weighted by atomic mass is 32.1. The standard InChI is InChI=1S/C16H20N4S/c1-3-8-18-13(14-10-17-11-20(14)2)9-16-19-12-6-4-5-7-15(12)21-16/h4-7,10-11,13,18H,3,8-9H2,1-2H3. The van der Waals surface area contributed by atoms with E-state index in [-0.39, 0.29) is 6.04 Å². The van der Waals surface area contributed by atoms with Crippen molar-refractivity contribution in [2.75, 3.05) is 6.54 Å². The Labute approximate surface area is 128 Å². The van der Waals surface area contributed by atoms with Crippen molar-refractivity contribution in [2.45, 2.75) is 25.8 Å². The quantitative estimate of drug-likeness (QED) is 0.759.